The second kappa shape index (κ2) is 7.32. The van der Waals surface area contributed by atoms with Gasteiger partial charge < -0.3 is 14.8 Å². The van der Waals surface area contributed by atoms with Crippen molar-refractivity contribution in [2.45, 2.75) is 13.3 Å². The molecule has 0 aliphatic heterocycles. The Bertz CT molecular complexity index is 721. The number of ether oxygens (including phenoxy) is 2. The molecule has 2 rings (SSSR count). The van der Waals surface area contributed by atoms with Gasteiger partial charge in [-0.1, -0.05) is 12.1 Å². The van der Waals surface area contributed by atoms with Crippen LogP contribution in [0.25, 0.3) is 0 Å². The van der Waals surface area contributed by atoms with Crippen molar-refractivity contribution in [1.82, 2.24) is 0 Å². The monoisotopic (exact) mass is 310 g/mol. The summed E-state index contributed by atoms with van der Waals surface area (Å²) >= 11 is 0. The minimum Gasteiger partial charge on any atom is -0.496 e. The molecule has 0 bridgehead atoms. The van der Waals surface area contributed by atoms with E-state index in [2.05, 4.69) is 11.4 Å². The van der Waals surface area contributed by atoms with Crippen LogP contribution in [-0.2, 0) is 6.42 Å². The number of nitrogens with zero attached hydrogens (tertiary/aromatic N) is 1. The van der Waals surface area contributed by atoms with Gasteiger partial charge in [-0.2, -0.15) is 5.26 Å². The van der Waals surface area contributed by atoms with Gasteiger partial charge in [0, 0.05) is 16.8 Å². The predicted molar refractivity (Wildman–Crippen MR) is 88.0 cm³/mol. The van der Waals surface area contributed by atoms with Crippen LogP contribution in [-0.4, -0.2) is 20.1 Å². The normalized spacial score (nSPS) is 9.83. The Morgan fingerprint density at radius 1 is 1.13 bits per heavy atom. The van der Waals surface area contributed by atoms with E-state index in [1.807, 2.05) is 19.1 Å². The second-order valence-electron chi connectivity index (χ2n) is 4.99. The van der Waals surface area contributed by atoms with Crippen LogP contribution >= 0.6 is 0 Å². The Morgan fingerprint density at radius 3 is 2.17 bits per heavy atom. The first kappa shape index (κ1) is 16.4. The van der Waals surface area contributed by atoms with Crippen LogP contribution in [0.3, 0.4) is 0 Å². The molecule has 0 aliphatic rings. The van der Waals surface area contributed by atoms with Crippen LogP contribution in [0.2, 0.25) is 0 Å². The van der Waals surface area contributed by atoms with Crippen LogP contribution in [0, 0.1) is 18.3 Å². The van der Waals surface area contributed by atoms with Crippen LogP contribution in [0.15, 0.2) is 36.4 Å². The number of benzene rings is 2. The maximum Gasteiger partial charge on any atom is 0.255 e. The molecule has 5 heteroatoms. The van der Waals surface area contributed by atoms with Crippen molar-refractivity contribution in [3.05, 3.63) is 53.1 Å². The fourth-order valence-corrected chi connectivity index (χ4v) is 2.22. The van der Waals surface area contributed by atoms with E-state index in [0.29, 0.717) is 29.2 Å². The summed E-state index contributed by atoms with van der Waals surface area (Å²) in [6.07, 6.45) is 0.348. The summed E-state index contributed by atoms with van der Waals surface area (Å²) in [5, 5.41) is 11.5. The van der Waals surface area contributed by atoms with Gasteiger partial charge in [0.15, 0.2) is 0 Å². The molecule has 0 saturated heterocycles. The lowest BCUT2D eigenvalue weighted by atomic mass is 10.1. The van der Waals surface area contributed by atoms with Crippen molar-refractivity contribution in [3.8, 4) is 17.6 Å². The smallest absolute Gasteiger partial charge is 0.255 e. The molecule has 1 amide bonds. The van der Waals surface area contributed by atoms with E-state index in [0.717, 1.165) is 11.1 Å². The van der Waals surface area contributed by atoms with Crippen LogP contribution in [0.4, 0.5) is 5.69 Å². The van der Waals surface area contributed by atoms with E-state index in [1.165, 1.54) is 0 Å². The van der Waals surface area contributed by atoms with Crippen LogP contribution < -0.4 is 14.8 Å². The average Bonchev–Trinajstić information content (AvgIpc) is 2.57. The minimum absolute atomic E-state index is 0.255. The van der Waals surface area contributed by atoms with Gasteiger partial charge in [-0.25, -0.2) is 0 Å². The number of hydrogen-bond donors (Lipinski definition) is 1. The molecule has 0 atom stereocenters. The third kappa shape index (κ3) is 3.80. The highest BCUT2D eigenvalue weighted by molar-refractivity contribution is 6.05. The Balaban J connectivity index is 2.22. The molecule has 0 heterocycles. The number of nitrogens with one attached hydrogen (secondary N) is 1. The molecular formula is C18H18N2O3. The number of amides is 1. The van der Waals surface area contributed by atoms with E-state index in [4.69, 9.17) is 14.7 Å². The van der Waals surface area contributed by atoms with Crippen molar-refractivity contribution in [2.75, 3.05) is 19.5 Å². The summed E-state index contributed by atoms with van der Waals surface area (Å²) in [6, 6.07) is 12.6. The Kier molecular flexibility index (Phi) is 5.21. The standard InChI is InChI=1S/C18H18N2O3/c1-12-16(22-2)10-14(11-17(12)23-3)18(21)20-15-6-4-13(5-7-15)8-9-19/h4-7,10-11H,8H2,1-3H3,(H,20,21). The Morgan fingerprint density at radius 2 is 1.70 bits per heavy atom. The zero-order valence-corrected chi connectivity index (χ0v) is 13.3. The minimum atomic E-state index is -0.255. The van der Waals surface area contributed by atoms with Crippen LogP contribution in [0.5, 0.6) is 11.5 Å². The quantitative estimate of drug-likeness (QED) is 0.919. The number of carbonyl (C=O) groups is 1. The molecule has 2 aromatic rings. The highest BCUT2D eigenvalue weighted by atomic mass is 16.5. The number of carbonyl (C=O) groups excluding carboxylic acids is 1. The lowest BCUT2D eigenvalue weighted by Crippen LogP contribution is -2.12. The first-order valence-corrected chi connectivity index (χ1v) is 7.09. The molecule has 118 valence electrons. The summed E-state index contributed by atoms with van der Waals surface area (Å²) in [5.41, 5.74) is 2.86. The summed E-state index contributed by atoms with van der Waals surface area (Å²) in [5.74, 6) is 0.937. The summed E-state index contributed by atoms with van der Waals surface area (Å²) < 4.78 is 10.6. The summed E-state index contributed by atoms with van der Waals surface area (Å²) in [6.45, 7) is 1.87. The third-order valence-electron chi connectivity index (χ3n) is 3.51. The van der Waals surface area contributed by atoms with Crippen molar-refractivity contribution in [1.29, 1.82) is 5.26 Å². The third-order valence-corrected chi connectivity index (χ3v) is 3.51. The molecule has 0 fully saturated rings. The highest BCUT2D eigenvalue weighted by Crippen LogP contribution is 2.29. The topological polar surface area (TPSA) is 71.3 Å². The molecule has 1 N–H and O–H groups in total. The molecular weight excluding hydrogens is 292 g/mol. The zero-order chi connectivity index (χ0) is 16.8. The Labute approximate surface area is 135 Å². The maximum absolute atomic E-state index is 12.4. The summed E-state index contributed by atoms with van der Waals surface area (Å²) in [4.78, 5) is 12.4. The zero-order valence-electron chi connectivity index (χ0n) is 13.3. The number of anilines is 1. The number of methoxy groups -OCH3 is 2. The lowest BCUT2D eigenvalue weighted by molar-refractivity contribution is 0.102. The molecule has 0 spiro atoms. The van der Waals surface area contributed by atoms with Crippen LogP contribution in [0.1, 0.15) is 21.5 Å². The van der Waals surface area contributed by atoms with Crippen molar-refractivity contribution in [2.24, 2.45) is 0 Å². The summed E-state index contributed by atoms with van der Waals surface area (Å²) in [7, 11) is 3.11. The van der Waals surface area contributed by atoms with Gasteiger partial charge in [-0.3, -0.25) is 4.79 Å². The maximum atomic E-state index is 12.4. The molecule has 23 heavy (non-hydrogen) atoms. The van der Waals surface area contributed by atoms with E-state index in [1.54, 1.807) is 38.5 Å². The highest BCUT2D eigenvalue weighted by Gasteiger charge is 2.13. The van der Waals surface area contributed by atoms with Gasteiger partial charge in [-0.15, -0.1) is 0 Å². The first-order valence-electron chi connectivity index (χ1n) is 7.09. The van der Waals surface area contributed by atoms with E-state index < -0.39 is 0 Å². The van der Waals surface area contributed by atoms with Crippen molar-refractivity contribution < 1.29 is 14.3 Å². The molecule has 2 aromatic carbocycles. The molecule has 0 radical (unpaired) electrons. The van der Waals surface area contributed by atoms with Gasteiger partial charge in [0.05, 0.1) is 26.7 Å². The molecule has 0 aromatic heterocycles. The molecule has 0 aliphatic carbocycles. The second-order valence-corrected chi connectivity index (χ2v) is 4.99. The van der Waals surface area contributed by atoms with Gasteiger partial charge in [0.25, 0.3) is 5.91 Å². The van der Waals surface area contributed by atoms with E-state index in [-0.39, 0.29) is 5.91 Å². The van der Waals surface area contributed by atoms with Gasteiger partial charge in [0.2, 0.25) is 0 Å². The van der Waals surface area contributed by atoms with Crippen molar-refractivity contribution in [3.63, 3.8) is 0 Å². The van der Waals surface area contributed by atoms with E-state index >= 15 is 0 Å². The van der Waals surface area contributed by atoms with Gasteiger partial charge in [-0.05, 0) is 36.8 Å². The molecule has 5 nitrogen and oxygen atoms in total. The Hall–Kier alpha value is -3.00. The number of rotatable bonds is 5. The van der Waals surface area contributed by atoms with Gasteiger partial charge >= 0.3 is 0 Å². The largest absolute Gasteiger partial charge is 0.496 e. The predicted octanol–water partition coefficient (Wildman–Crippen LogP) is 3.33. The fourth-order valence-electron chi connectivity index (χ4n) is 2.22. The first-order chi connectivity index (χ1) is 11.1. The molecule has 0 saturated carbocycles. The fraction of sp³-hybridized carbons (Fsp3) is 0.222. The number of nitriles is 1. The van der Waals surface area contributed by atoms with E-state index in [9.17, 15) is 4.79 Å². The number of hydrogen-bond acceptors (Lipinski definition) is 4. The van der Waals surface area contributed by atoms with Crippen molar-refractivity contribution >= 4 is 11.6 Å². The lowest BCUT2D eigenvalue weighted by Gasteiger charge is -2.13. The molecule has 0 unspecified atom stereocenters. The average molecular weight is 310 g/mol. The SMILES string of the molecule is COc1cc(C(=O)Nc2ccc(CC#N)cc2)cc(OC)c1C. The van der Waals surface area contributed by atoms with Gasteiger partial charge in [0.1, 0.15) is 11.5 Å².